The highest BCUT2D eigenvalue weighted by molar-refractivity contribution is 7.91. The zero-order chi connectivity index (χ0) is 22.7. The van der Waals surface area contributed by atoms with E-state index in [0.29, 0.717) is 28.7 Å². The lowest BCUT2D eigenvalue weighted by atomic mass is 10.2. The van der Waals surface area contributed by atoms with Crippen LogP contribution in [0.3, 0.4) is 0 Å². The normalized spacial score (nSPS) is 11.3. The third-order valence-electron chi connectivity index (χ3n) is 4.47. The van der Waals surface area contributed by atoms with Crippen molar-refractivity contribution in [3.05, 3.63) is 89.8 Å². The number of ether oxygens (including phenoxy) is 1. The lowest BCUT2D eigenvalue weighted by Gasteiger charge is -2.10. The Morgan fingerprint density at radius 2 is 1.72 bits per heavy atom. The van der Waals surface area contributed by atoms with Crippen LogP contribution < -0.4 is 9.46 Å². The highest BCUT2D eigenvalue weighted by atomic mass is 32.2. The first-order valence-electron chi connectivity index (χ1n) is 9.66. The first-order chi connectivity index (χ1) is 15.3. The van der Waals surface area contributed by atoms with Crippen LogP contribution in [0.4, 0.5) is 10.1 Å². The predicted octanol–water partition coefficient (Wildman–Crippen LogP) is 4.15. The third-order valence-corrected chi connectivity index (χ3v) is 5.73. The van der Waals surface area contributed by atoms with Crippen molar-refractivity contribution in [1.29, 1.82) is 0 Å². The summed E-state index contributed by atoms with van der Waals surface area (Å²) in [7, 11) is -3.65. The molecule has 0 saturated carbocycles. The van der Waals surface area contributed by atoms with Gasteiger partial charge in [0.15, 0.2) is 5.82 Å². The highest BCUT2D eigenvalue weighted by Crippen LogP contribution is 2.23. The number of rotatable bonds is 7. The van der Waals surface area contributed by atoms with E-state index in [4.69, 9.17) is 4.74 Å². The molecule has 1 N–H and O–H groups in total. The van der Waals surface area contributed by atoms with E-state index in [-0.39, 0.29) is 5.75 Å². The maximum Gasteiger partial charge on any atom is 0.236 e. The summed E-state index contributed by atoms with van der Waals surface area (Å²) in [6, 6.07) is 15.4. The van der Waals surface area contributed by atoms with Crippen LogP contribution >= 0.6 is 0 Å². The number of nitrogens with zero attached hydrogens (tertiary/aromatic N) is 4. The van der Waals surface area contributed by atoms with Gasteiger partial charge in [-0.2, -0.15) is 5.10 Å². The smallest absolute Gasteiger partial charge is 0.236 e. The fourth-order valence-electron chi connectivity index (χ4n) is 3.09. The van der Waals surface area contributed by atoms with Crippen LogP contribution in [-0.4, -0.2) is 28.2 Å². The summed E-state index contributed by atoms with van der Waals surface area (Å²) in [5, 5.41) is 4.40. The van der Waals surface area contributed by atoms with Gasteiger partial charge in [0, 0.05) is 17.4 Å². The summed E-state index contributed by atoms with van der Waals surface area (Å²) in [6.07, 6.45) is 1.39. The molecule has 2 aromatic carbocycles. The lowest BCUT2D eigenvalue weighted by Crippen LogP contribution is -2.15. The fourth-order valence-corrected chi connectivity index (χ4v) is 4.29. The molecule has 2 aromatic heterocycles. The van der Waals surface area contributed by atoms with Gasteiger partial charge in [-0.1, -0.05) is 12.1 Å². The van der Waals surface area contributed by atoms with E-state index in [2.05, 4.69) is 19.8 Å². The van der Waals surface area contributed by atoms with Gasteiger partial charge in [0.05, 0.1) is 11.4 Å². The molecule has 2 heterocycles. The Hall–Kier alpha value is -3.79. The zero-order valence-corrected chi connectivity index (χ0v) is 18.2. The van der Waals surface area contributed by atoms with Crippen LogP contribution in [0.25, 0.3) is 5.82 Å². The molecule has 4 rings (SSSR count). The minimum absolute atomic E-state index is 0.262. The van der Waals surface area contributed by atoms with Crippen molar-refractivity contribution in [2.45, 2.75) is 19.6 Å². The Kier molecular flexibility index (Phi) is 5.87. The van der Waals surface area contributed by atoms with Crippen LogP contribution in [0.2, 0.25) is 0 Å². The average Bonchev–Trinajstić information content (AvgIpc) is 3.09. The van der Waals surface area contributed by atoms with Gasteiger partial charge < -0.3 is 4.74 Å². The molecular formula is C22H20FN5O3S. The SMILES string of the molecule is Cc1cc(C)n(-c2cc(Oc3ccc(NS(=O)(=O)Cc4ccc(F)cc4)cc3)ncn2)n1. The van der Waals surface area contributed by atoms with E-state index in [1.165, 1.54) is 30.6 Å². The Morgan fingerprint density at radius 3 is 2.38 bits per heavy atom. The summed E-state index contributed by atoms with van der Waals surface area (Å²) < 4.78 is 47.7. The molecule has 0 radical (unpaired) electrons. The molecule has 0 atom stereocenters. The Balaban J connectivity index is 1.43. The van der Waals surface area contributed by atoms with E-state index < -0.39 is 15.8 Å². The minimum Gasteiger partial charge on any atom is -0.439 e. The van der Waals surface area contributed by atoms with Gasteiger partial charge in [-0.3, -0.25) is 4.72 Å². The quantitative estimate of drug-likeness (QED) is 0.451. The van der Waals surface area contributed by atoms with Crippen molar-refractivity contribution < 1.29 is 17.5 Å². The van der Waals surface area contributed by atoms with Crippen molar-refractivity contribution in [3.8, 4) is 17.4 Å². The van der Waals surface area contributed by atoms with Crippen molar-refractivity contribution >= 4 is 15.7 Å². The molecule has 164 valence electrons. The standard InChI is InChI=1S/C22H20FN5O3S/c1-15-11-16(2)28(26-15)21-12-22(25-14-24-21)31-20-9-7-19(8-10-20)27-32(29,30)13-17-3-5-18(23)6-4-17/h3-12,14,27H,13H2,1-2H3. The molecule has 8 nitrogen and oxygen atoms in total. The molecule has 0 bridgehead atoms. The molecule has 10 heteroatoms. The van der Waals surface area contributed by atoms with Gasteiger partial charge in [-0.05, 0) is 61.9 Å². The molecule has 0 spiro atoms. The molecule has 4 aromatic rings. The van der Waals surface area contributed by atoms with Gasteiger partial charge in [-0.25, -0.2) is 27.5 Å². The number of nitrogens with one attached hydrogen (secondary N) is 1. The molecule has 0 aliphatic heterocycles. The topological polar surface area (TPSA) is 99.0 Å². The van der Waals surface area contributed by atoms with Crippen LogP contribution in [0.1, 0.15) is 17.0 Å². The monoisotopic (exact) mass is 453 g/mol. The van der Waals surface area contributed by atoms with E-state index in [1.807, 2.05) is 19.9 Å². The van der Waals surface area contributed by atoms with Crippen LogP contribution in [0.5, 0.6) is 11.6 Å². The average molecular weight is 453 g/mol. The number of halogens is 1. The summed E-state index contributed by atoms with van der Waals surface area (Å²) in [4.78, 5) is 8.35. The molecule has 0 amide bonds. The lowest BCUT2D eigenvalue weighted by molar-refractivity contribution is 0.460. The summed E-state index contributed by atoms with van der Waals surface area (Å²) in [5.41, 5.74) is 2.68. The Labute approximate surface area is 184 Å². The number of aryl methyl sites for hydroxylation is 2. The van der Waals surface area contributed by atoms with Crippen molar-refractivity contribution in [3.63, 3.8) is 0 Å². The second-order valence-electron chi connectivity index (χ2n) is 7.17. The number of sulfonamides is 1. The summed E-state index contributed by atoms with van der Waals surface area (Å²) in [6.45, 7) is 3.83. The van der Waals surface area contributed by atoms with Crippen LogP contribution in [0, 0.1) is 19.7 Å². The van der Waals surface area contributed by atoms with Gasteiger partial charge in [-0.15, -0.1) is 0 Å². The van der Waals surface area contributed by atoms with Gasteiger partial charge in [0.1, 0.15) is 17.9 Å². The first kappa shape index (κ1) is 21.4. The second-order valence-corrected chi connectivity index (χ2v) is 8.89. The summed E-state index contributed by atoms with van der Waals surface area (Å²) in [5.74, 6) is 0.699. The third kappa shape index (κ3) is 5.27. The highest BCUT2D eigenvalue weighted by Gasteiger charge is 2.13. The molecule has 0 saturated heterocycles. The molecular weight excluding hydrogens is 433 g/mol. The fraction of sp³-hybridized carbons (Fsp3) is 0.136. The minimum atomic E-state index is -3.65. The summed E-state index contributed by atoms with van der Waals surface area (Å²) >= 11 is 0. The molecule has 0 aliphatic carbocycles. The van der Waals surface area contributed by atoms with E-state index in [9.17, 15) is 12.8 Å². The molecule has 0 fully saturated rings. The Bertz CT molecular complexity index is 1340. The largest absolute Gasteiger partial charge is 0.439 e. The van der Waals surface area contributed by atoms with Crippen molar-refractivity contribution in [2.75, 3.05) is 4.72 Å². The molecule has 0 aliphatic rings. The zero-order valence-electron chi connectivity index (χ0n) is 17.4. The second kappa shape index (κ2) is 8.75. The van der Waals surface area contributed by atoms with Gasteiger partial charge in [0.2, 0.25) is 15.9 Å². The maximum absolute atomic E-state index is 13.0. The maximum atomic E-state index is 13.0. The number of hydrogen-bond acceptors (Lipinski definition) is 6. The first-order valence-corrected chi connectivity index (χ1v) is 11.3. The van der Waals surface area contributed by atoms with Gasteiger partial charge in [0.25, 0.3) is 0 Å². The van der Waals surface area contributed by atoms with E-state index in [0.717, 1.165) is 11.4 Å². The predicted molar refractivity (Wildman–Crippen MR) is 118 cm³/mol. The van der Waals surface area contributed by atoms with E-state index >= 15 is 0 Å². The molecule has 0 unspecified atom stereocenters. The van der Waals surface area contributed by atoms with Gasteiger partial charge >= 0.3 is 0 Å². The number of benzene rings is 2. The number of hydrogen-bond donors (Lipinski definition) is 1. The van der Waals surface area contributed by atoms with E-state index in [1.54, 1.807) is 35.0 Å². The Morgan fingerprint density at radius 1 is 1.00 bits per heavy atom. The number of anilines is 1. The van der Waals surface area contributed by atoms with Crippen molar-refractivity contribution in [2.24, 2.45) is 0 Å². The van der Waals surface area contributed by atoms with Crippen LogP contribution in [0.15, 0.2) is 67.0 Å². The van der Waals surface area contributed by atoms with Crippen LogP contribution in [-0.2, 0) is 15.8 Å². The molecule has 32 heavy (non-hydrogen) atoms. The number of aromatic nitrogens is 4. The van der Waals surface area contributed by atoms with Crippen molar-refractivity contribution in [1.82, 2.24) is 19.7 Å².